The maximum absolute atomic E-state index is 4.83. The average Bonchev–Trinajstić information content (AvgIpc) is 3.19. The highest BCUT2D eigenvalue weighted by Gasteiger charge is 2.18. The van der Waals surface area contributed by atoms with Crippen molar-refractivity contribution in [3.05, 3.63) is 34.5 Å². The molecule has 5 heteroatoms. The number of nitrogens with zero attached hydrogens (tertiary/aromatic N) is 3. The Morgan fingerprint density at radius 2 is 2.24 bits per heavy atom. The Morgan fingerprint density at radius 3 is 2.95 bits per heavy atom. The molecule has 2 aromatic heterocycles. The lowest BCUT2D eigenvalue weighted by atomic mass is 9.96. The summed E-state index contributed by atoms with van der Waals surface area (Å²) in [6.07, 6.45) is 11.7. The van der Waals surface area contributed by atoms with Gasteiger partial charge in [-0.3, -0.25) is 9.67 Å². The van der Waals surface area contributed by atoms with Crippen LogP contribution in [0.15, 0.2) is 24.0 Å². The van der Waals surface area contributed by atoms with Crippen LogP contribution >= 0.6 is 11.3 Å². The second-order valence-electron chi connectivity index (χ2n) is 5.80. The van der Waals surface area contributed by atoms with Gasteiger partial charge >= 0.3 is 0 Å². The fraction of sp³-hybridized carbons (Fsp3) is 0.625. The molecule has 114 valence electrons. The van der Waals surface area contributed by atoms with Crippen LogP contribution in [0, 0.1) is 0 Å². The first-order valence-corrected chi connectivity index (χ1v) is 8.90. The SMILES string of the molecule is CCNC(Cc1ccn(C2CCCCC2)n1)c1cncs1. The van der Waals surface area contributed by atoms with E-state index in [0.29, 0.717) is 12.1 Å². The molecule has 2 aromatic rings. The Morgan fingerprint density at radius 1 is 1.38 bits per heavy atom. The molecule has 0 aromatic carbocycles. The summed E-state index contributed by atoms with van der Waals surface area (Å²) in [5, 5.41) is 8.37. The molecule has 21 heavy (non-hydrogen) atoms. The van der Waals surface area contributed by atoms with E-state index in [4.69, 9.17) is 5.10 Å². The van der Waals surface area contributed by atoms with Gasteiger partial charge in [-0.25, -0.2) is 0 Å². The number of nitrogens with one attached hydrogen (secondary N) is 1. The van der Waals surface area contributed by atoms with Crippen LogP contribution in [0.4, 0.5) is 0 Å². The summed E-state index contributed by atoms with van der Waals surface area (Å²) in [5.74, 6) is 0. The summed E-state index contributed by atoms with van der Waals surface area (Å²) < 4.78 is 2.20. The molecule has 2 heterocycles. The Kier molecular flexibility index (Phi) is 5.04. The lowest BCUT2D eigenvalue weighted by Crippen LogP contribution is -2.22. The van der Waals surface area contributed by atoms with Crippen LogP contribution in [0.1, 0.15) is 61.7 Å². The molecule has 1 N–H and O–H groups in total. The molecule has 0 spiro atoms. The van der Waals surface area contributed by atoms with Crippen LogP contribution in [-0.4, -0.2) is 21.3 Å². The molecule has 1 aliphatic carbocycles. The van der Waals surface area contributed by atoms with Gasteiger partial charge in [0.15, 0.2) is 0 Å². The van der Waals surface area contributed by atoms with E-state index in [-0.39, 0.29) is 0 Å². The molecule has 1 atom stereocenters. The molecular weight excluding hydrogens is 280 g/mol. The molecule has 0 saturated heterocycles. The molecule has 1 fully saturated rings. The summed E-state index contributed by atoms with van der Waals surface area (Å²) in [5.41, 5.74) is 3.08. The molecule has 1 saturated carbocycles. The Hall–Kier alpha value is -1.20. The number of hydrogen-bond acceptors (Lipinski definition) is 4. The first-order chi connectivity index (χ1) is 10.4. The van der Waals surface area contributed by atoms with Crippen molar-refractivity contribution >= 4 is 11.3 Å². The number of aromatic nitrogens is 3. The van der Waals surface area contributed by atoms with E-state index in [9.17, 15) is 0 Å². The standard InChI is InChI=1S/C16H24N4S/c1-2-18-15(16-11-17-12-21-16)10-13-8-9-20(19-13)14-6-4-3-5-7-14/h8-9,11-12,14-15,18H,2-7,10H2,1H3. The predicted molar refractivity (Wildman–Crippen MR) is 86.6 cm³/mol. The molecule has 0 amide bonds. The first kappa shape index (κ1) is 14.7. The predicted octanol–water partition coefficient (Wildman–Crippen LogP) is 3.74. The van der Waals surface area contributed by atoms with Crippen LogP contribution in [-0.2, 0) is 6.42 Å². The van der Waals surface area contributed by atoms with Crippen molar-refractivity contribution in [2.75, 3.05) is 6.54 Å². The van der Waals surface area contributed by atoms with Crippen molar-refractivity contribution in [3.63, 3.8) is 0 Å². The Balaban J connectivity index is 1.67. The molecule has 0 radical (unpaired) electrons. The van der Waals surface area contributed by atoms with Crippen LogP contribution in [0.2, 0.25) is 0 Å². The largest absolute Gasteiger partial charge is 0.309 e. The molecular formula is C16H24N4S. The summed E-state index contributed by atoms with van der Waals surface area (Å²) in [6.45, 7) is 3.11. The zero-order chi connectivity index (χ0) is 14.5. The van der Waals surface area contributed by atoms with Gasteiger partial charge in [-0.1, -0.05) is 26.2 Å². The number of thiazole rings is 1. The van der Waals surface area contributed by atoms with Gasteiger partial charge in [-0.2, -0.15) is 5.10 Å². The highest BCUT2D eigenvalue weighted by atomic mass is 32.1. The molecule has 3 rings (SSSR count). The molecule has 1 unspecified atom stereocenters. The average molecular weight is 304 g/mol. The lowest BCUT2D eigenvalue weighted by Gasteiger charge is -2.22. The van der Waals surface area contributed by atoms with E-state index in [2.05, 4.69) is 34.2 Å². The van der Waals surface area contributed by atoms with Crippen molar-refractivity contribution in [3.8, 4) is 0 Å². The minimum absolute atomic E-state index is 0.331. The summed E-state index contributed by atoms with van der Waals surface area (Å²) in [7, 11) is 0. The maximum atomic E-state index is 4.83. The minimum atomic E-state index is 0.331. The number of hydrogen-bond donors (Lipinski definition) is 1. The fourth-order valence-corrected chi connectivity index (χ4v) is 3.86. The zero-order valence-electron chi connectivity index (χ0n) is 12.7. The maximum Gasteiger partial charge on any atom is 0.0794 e. The van der Waals surface area contributed by atoms with Crippen molar-refractivity contribution < 1.29 is 0 Å². The second kappa shape index (κ2) is 7.18. The van der Waals surface area contributed by atoms with Crippen molar-refractivity contribution in [2.45, 2.75) is 57.5 Å². The fourth-order valence-electron chi connectivity index (χ4n) is 3.16. The summed E-state index contributed by atoms with van der Waals surface area (Å²) in [6, 6.07) is 3.13. The van der Waals surface area contributed by atoms with Crippen molar-refractivity contribution in [1.82, 2.24) is 20.1 Å². The van der Waals surface area contributed by atoms with Gasteiger partial charge < -0.3 is 5.32 Å². The number of rotatable bonds is 6. The quantitative estimate of drug-likeness (QED) is 0.884. The zero-order valence-corrected chi connectivity index (χ0v) is 13.5. The third kappa shape index (κ3) is 3.71. The van der Waals surface area contributed by atoms with E-state index in [0.717, 1.165) is 13.0 Å². The molecule has 1 aliphatic rings. The monoisotopic (exact) mass is 304 g/mol. The van der Waals surface area contributed by atoms with Crippen molar-refractivity contribution in [2.24, 2.45) is 0 Å². The van der Waals surface area contributed by atoms with E-state index < -0.39 is 0 Å². The van der Waals surface area contributed by atoms with E-state index >= 15 is 0 Å². The highest BCUT2D eigenvalue weighted by Crippen LogP contribution is 2.28. The third-order valence-corrected chi connectivity index (χ3v) is 5.16. The Labute approximate surface area is 130 Å². The van der Waals surface area contributed by atoms with E-state index in [1.54, 1.807) is 11.3 Å². The smallest absolute Gasteiger partial charge is 0.0794 e. The van der Waals surface area contributed by atoms with Gasteiger partial charge in [0.2, 0.25) is 0 Å². The molecule has 0 aliphatic heterocycles. The van der Waals surface area contributed by atoms with Gasteiger partial charge in [0, 0.05) is 29.7 Å². The van der Waals surface area contributed by atoms with E-state index in [1.807, 2.05) is 11.7 Å². The first-order valence-electron chi connectivity index (χ1n) is 8.02. The minimum Gasteiger partial charge on any atom is -0.309 e. The summed E-state index contributed by atoms with van der Waals surface area (Å²) in [4.78, 5) is 5.49. The van der Waals surface area contributed by atoms with Gasteiger partial charge in [-0.05, 0) is 25.5 Å². The summed E-state index contributed by atoms with van der Waals surface area (Å²) >= 11 is 1.72. The topological polar surface area (TPSA) is 42.7 Å². The van der Waals surface area contributed by atoms with Crippen LogP contribution < -0.4 is 5.32 Å². The van der Waals surface area contributed by atoms with Gasteiger partial charge in [0.05, 0.1) is 17.2 Å². The molecule has 0 bridgehead atoms. The van der Waals surface area contributed by atoms with E-state index in [1.165, 1.54) is 42.7 Å². The van der Waals surface area contributed by atoms with Gasteiger partial charge in [0.1, 0.15) is 0 Å². The van der Waals surface area contributed by atoms with Crippen molar-refractivity contribution in [1.29, 1.82) is 0 Å². The Bertz CT molecular complexity index is 528. The molecule has 4 nitrogen and oxygen atoms in total. The van der Waals surface area contributed by atoms with Crippen LogP contribution in [0.25, 0.3) is 0 Å². The second-order valence-corrected chi connectivity index (χ2v) is 6.72. The highest BCUT2D eigenvalue weighted by molar-refractivity contribution is 7.09. The number of likely N-dealkylation sites (N-methyl/N-ethyl adjacent to an activating group) is 1. The van der Waals surface area contributed by atoms with Gasteiger partial charge in [-0.15, -0.1) is 11.3 Å². The normalized spacial score (nSPS) is 18.0. The third-order valence-electron chi connectivity index (χ3n) is 4.27. The van der Waals surface area contributed by atoms with Gasteiger partial charge in [0.25, 0.3) is 0 Å². The van der Waals surface area contributed by atoms with Crippen LogP contribution in [0.3, 0.4) is 0 Å². The van der Waals surface area contributed by atoms with Crippen LogP contribution in [0.5, 0.6) is 0 Å². The lowest BCUT2D eigenvalue weighted by molar-refractivity contribution is 0.327.